The zero-order valence-electron chi connectivity index (χ0n) is 23.9. The summed E-state index contributed by atoms with van der Waals surface area (Å²) in [6.07, 6.45) is 6.14. The summed E-state index contributed by atoms with van der Waals surface area (Å²) in [5, 5.41) is 5.78. The minimum atomic E-state index is -0.929. The van der Waals surface area contributed by atoms with Crippen LogP contribution in [0.4, 0.5) is 4.79 Å². The van der Waals surface area contributed by atoms with Crippen molar-refractivity contribution in [3.05, 3.63) is 35.4 Å². The van der Waals surface area contributed by atoms with Crippen LogP contribution in [0.1, 0.15) is 104 Å². The molecule has 0 aromatic heterocycles. The number of ether oxygens (including phenoxy) is 1. The van der Waals surface area contributed by atoms with Crippen LogP contribution >= 0.6 is 12.6 Å². The van der Waals surface area contributed by atoms with Crippen molar-refractivity contribution in [2.24, 2.45) is 0 Å². The Kier molecular flexibility index (Phi) is 14.7. The van der Waals surface area contributed by atoms with E-state index in [9.17, 15) is 14.4 Å². The maximum atomic E-state index is 13.9. The third kappa shape index (κ3) is 12.2. The lowest BCUT2D eigenvalue weighted by Gasteiger charge is -2.35. The number of thiol groups is 1. The van der Waals surface area contributed by atoms with Gasteiger partial charge in [-0.25, -0.2) is 4.79 Å². The Morgan fingerprint density at radius 1 is 1.03 bits per heavy atom. The van der Waals surface area contributed by atoms with E-state index in [4.69, 9.17) is 4.74 Å². The number of carbonyl (C=O) groups excluding carboxylic acids is 3. The number of nitrogens with one attached hydrogen (secondary N) is 2. The van der Waals surface area contributed by atoms with Crippen molar-refractivity contribution in [2.75, 3.05) is 12.3 Å². The van der Waals surface area contributed by atoms with E-state index < -0.39 is 23.8 Å². The summed E-state index contributed by atoms with van der Waals surface area (Å²) in [5.41, 5.74) is 1.05. The second-order valence-corrected chi connectivity index (χ2v) is 11.2. The summed E-state index contributed by atoms with van der Waals surface area (Å²) in [5.74, 6) is -0.483. The van der Waals surface area contributed by atoms with Crippen molar-refractivity contribution < 1.29 is 19.1 Å². The van der Waals surface area contributed by atoms with Crippen LogP contribution in [-0.4, -0.2) is 52.8 Å². The highest BCUT2D eigenvalue weighted by atomic mass is 32.1. The van der Waals surface area contributed by atoms with Crippen LogP contribution in [-0.2, 0) is 14.3 Å². The first-order chi connectivity index (χ1) is 17.4. The minimum Gasteiger partial charge on any atom is -0.444 e. The molecule has 0 aliphatic rings. The zero-order chi connectivity index (χ0) is 28.0. The number of carbonyl (C=O) groups is 3. The molecule has 1 rings (SSSR count). The molecule has 0 saturated heterocycles. The molecule has 210 valence electrons. The first kappa shape index (κ1) is 32.8. The molecular formula is C29H49N3O4S. The highest BCUT2D eigenvalue weighted by Gasteiger charge is 2.36. The van der Waals surface area contributed by atoms with E-state index in [1.807, 2.05) is 38.1 Å². The van der Waals surface area contributed by atoms with Gasteiger partial charge in [0.25, 0.3) is 0 Å². The monoisotopic (exact) mass is 535 g/mol. The summed E-state index contributed by atoms with van der Waals surface area (Å²) in [4.78, 5) is 41.8. The Morgan fingerprint density at radius 3 is 2.27 bits per heavy atom. The minimum absolute atomic E-state index is 0.0214. The Labute approximate surface area is 229 Å². The number of benzene rings is 1. The van der Waals surface area contributed by atoms with E-state index in [1.54, 1.807) is 25.7 Å². The third-order valence-corrected chi connectivity index (χ3v) is 6.35. The maximum absolute atomic E-state index is 13.9. The molecule has 0 aliphatic carbocycles. The van der Waals surface area contributed by atoms with E-state index in [0.717, 1.165) is 56.1 Å². The Balaban J connectivity index is 3.37. The van der Waals surface area contributed by atoms with Gasteiger partial charge in [-0.05, 0) is 53.0 Å². The molecule has 0 heterocycles. The lowest BCUT2D eigenvalue weighted by atomic mass is 9.99. The molecule has 37 heavy (non-hydrogen) atoms. The van der Waals surface area contributed by atoms with E-state index in [2.05, 4.69) is 37.1 Å². The van der Waals surface area contributed by atoms with Crippen LogP contribution in [0.15, 0.2) is 24.3 Å². The average molecular weight is 536 g/mol. The van der Waals surface area contributed by atoms with Crippen LogP contribution in [0.25, 0.3) is 0 Å². The number of hydrogen-bond acceptors (Lipinski definition) is 5. The number of nitrogens with zero attached hydrogens (tertiary/aromatic N) is 1. The molecule has 3 atom stereocenters. The van der Waals surface area contributed by atoms with Crippen molar-refractivity contribution in [2.45, 2.75) is 117 Å². The number of unbranched alkanes of at least 4 members (excludes halogenated alkanes) is 4. The number of alkyl carbamates (subject to hydrolysis) is 1. The fourth-order valence-corrected chi connectivity index (χ4v) is 4.48. The van der Waals surface area contributed by atoms with Gasteiger partial charge >= 0.3 is 6.09 Å². The SMILES string of the molecule is CCCCCCCN(C(=O)C(CS)NC(=O)OC(C)(C)C)C(C(=O)NC(C)CCC)c1cccc(C)c1. The maximum Gasteiger partial charge on any atom is 0.408 e. The van der Waals surface area contributed by atoms with Crippen LogP contribution in [0, 0.1) is 6.92 Å². The van der Waals surface area contributed by atoms with Crippen LogP contribution in [0.2, 0.25) is 0 Å². The normalized spacial score (nSPS) is 13.8. The van der Waals surface area contributed by atoms with Crippen molar-refractivity contribution in [1.29, 1.82) is 0 Å². The average Bonchev–Trinajstić information content (AvgIpc) is 2.80. The van der Waals surface area contributed by atoms with Gasteiger partial charge in [0.15, 0.2) is 0 Å². The highest BCUT2D eigenvalue weighted by Crippen LogP contribution is 2.25. The Bertz CT molecular complexity index is 856. The van der Waals surface area contributed by atoms with Gasteiger partial charge < -0.3 is 20.3 Å². The Hall–Kier alpha value is -2.22. The molecule has 1 aromatic carbocycles. The summed E-state index contributed by atoms with van der Waals surface area (Å²) in [6.45, 7) is 13.9. The summed E-state index contributed by atoms with van der Waals surface area (Å²) >= 11 is 4.36. The number of hydrogen-bond donors (Lipinski definition) is 3. The summed E-state index contributed by atoms with van der Waals surface area (Å²) in [6, 6.07) is 5.93. The van der Waals surface area contributed by atoms with Gasteiger partial charge in [-0.2, -0.15) is 12.6 Å². The second kappa shape index (κ2) is 16.6. The van der Waals surface area contributed by atoms with Gasteiger partial charge in [0, 0.05) is 18.3 Å². The quantitative estimate of drug-likeness (QED) is 0.191. The summed E-state index contributed by atoms with van der Waals surface area (Å²) in [7, 11) is 0. The van der Waals surface area contributed by atoms with Crippen molar-refractivity contribution >= 4 is 30.5 Å². The van der Waals surface area contributed by atoms with Gasteiger partial charge in [-0.1, -0.05) is 75.8 Å². The molecule has 0 fully saturated rings. The lowest BCUT2D eigenvalue weighted by molar-refractivity contribution is -0.142. The van der Waals surface area contributed by atoms with Crippen molar-refractivity contribution in [3.8, 4) is 0 Å². The van der Waals surface area contributed by atoms with E-state index in [0.29, 0.717) is 6.54 Å². The summed E-state index contributed by atoms with van der Waals surface area (Å²) < 4.78 is 5.38. The van der Waals surface area contributed by atoms with Gasteiger partial charge in [0.2, 0.25) is 11.8 Å². The van der Waals surface area contributed by atoms with E-state index in [1.165, 1.54) is 0 Å². The van der Waals surface area contributed by atoms with Crippen LogP contribution < -0.4 is 10.6 Å². The molecule has 0 aliphatic heterocycles. The van der Waals surface area contributed by atoms with E-state index in [-0.39, 0.29) is 23.6 Å². The molecule has 0 spiro atoms. The molecule has 3 unspecified atom stereocenters. The topological polar surface area (TPSA) is 87.7 Å². The zero-order valence-corrected chi connectivity index (χ0v) is 24.8. The second-order valence-electron chi connectivity index (χ2n) is 10.8. The molecule has 0 saturated carbocycles. The lowest BCUT2D eigenvalue weighted by Crippen LogP contribution is -2.54. The van der Waals surface area contributed by atoms with Crippen LogP contribution in [0.3, 0.4) is 0 Å². The van der Waals surface area contributed by atoms with Crippen molar-refractivity contribution in [1.82, 2.24) is 15.5 Å². The van der Waals surface area contributed by atoms with Gasteiger partial charge in [0.1, 0.15) is 17.7 Å². The largest absolute Gasteiger partial charge is 0.444 e. The molecule has 1 aromatic rings. The first-order valence-corrected chi connectivity index (χ1v) is 14.3. The van der Waals surface area contributed by atoms with Gasteiger partial charge in [-0.15, -0.1) is 0 Å². The standard InChI is InChI=1S/C29H49N3O4S/c1-8-10-11-12-13-18-32(27(34)24(20-37)31-28(35)36-29(5,6)7)25(23-17-14-16-21(3)19-23)26(33)30-22(4)15-9-2/h14,16-17,19,22,24-25,37H,8-13,15,18,20H2,1-7H3,(H,30,33)(H,31,35). The molecule has 8 heteroatoms. The number of rotatable bonds is 15. The number of amides is 3. The molecule has 0 bridgehead atoms. The van der Waals surface area contributed by atoms with Gasteiger partial charge in [-0.3, -0.25) is 9.59 Å². The fourth-order valence-electron chi connectivity index (χ4n) is 4.23. The van der Waals surface area contributed by atoms with Crippen molar-refractivity contribution in [3.63, 3.8) is 0 Å². The third-order valence-electron chi connectivity index (χ3n) is 5.99. The Morgan fingerprint density at radius 2 is 1.70 bits per heavy atom. The molecular weight excluding hydrogens is 486 g/mol. The van der Waals surface area contributed by atoms with E-state index >= 15 is 0 Å². The molecule has 3 amide bonds. The predicted molar refractivity (Wildman–Crippen MR) is 154 cm³/mol. The highest BCUT2D eigenvalue weighted by molar-refractivity contribution is 7.80. The fraction of sp³-hybridized carbons (Fsp3) is 0.690. The number of aryl methyl sites for hydroxylation is 1. The molecule has 2 N–H and O–H groups in total. The van der Waals surface area contributed by atoms with Crippen LogP contribution in [0.5, 0.6) is 0 Å². The first-order valence-electron chi connectivity index (χ1n) is 13.7. The van der Waals surface area contributed by atoms with Gasteiger partial charge in [0.05, 0.1) is 0 Å². The predicted octanol–water partition coefficient (Wildman–Crippen LogP) is 5.96. The smallest absolute Gasteiger partial charge is 0.408 e. The molecule has 7 nitrogen and oxygen atoms in total. The molecule has 0 radical (unpaired) electrons.